The minimum atomic E-state index is 0.491. The van der Waals surface area contributed by atoms with Crippen molar-refractivity contribution < 1.29 is 4.74 Å². The predicted molar refractivity (Wildman–Crippen MR) is 82.1 cm³/mol. The van der Waals surface area contributed by atoms with E-state index in [-0.39, 0.29) is 0 Å². The number of nitrogens with zero attached hydrogens (tertiary/aromatic N) is 2. The fraction of sp³-hybridized carbons (Fsp3) is 0.688. The number of hydrogen-bond donors (Lipinski definition) is 1. The van der Waals surface area contributed by atoms with Crippen LogP contribution in [-0.4, -0.2) is 42.2 Å². The maximum absolute atomic E-state index is 5.76. The highest BCUT2D eigenvalue weighted by atomic mass is 16.5. The van der Waals surface area contributed by atoms with E-state index in [1.54, 1.807) is 0 Å². The first-order chi connectivity index (χ1) is 9.65. The minimum absolute atomic E-state index is 0.491. The molecule has 1 N–H and O–H groups in total. The van der Waals surface area contributed by atoms with Gasteiger partial charge in [-0.1, -0.05) is 19.9 Å². The van der Waals surface area contributed by atoms with Gasteiger partial charge in [-0.2, -0.15) is 0 Å². The Labute approximate surface area is 122 Å². The number of nitrogens with one attached hydrogen (secondary N) is 1. The van der Waals surface area contributed by atoms with Crippen LogP contribution in [0.25, 0.3) is 0 Å². The summed E-state index contributed by atoms with van der Waals surface area (Å²) in [4.78, 5) is 6.99. The molecule has 0 spiro atoms. The SMILES string of the molecule is Cc1nc(OCCN2CCCC2)ccc1CNC(C)C. The van der Waals surface area contributed by atoms with Gasteiger partial charge >= 0.3 is 0 Å². The normalized spacial score (nSPS) is 16.0. The zero-order valence-corrected chi connectivity index (χ0v) is 13.0. The highest BCUT2D eigenvalue weighted by Crippen LogP contribution is 2.13. The van der Waals surface area contributed by atoms with Crippen molar-refractivity contribution in [1.29, 1.82) is 0 Å². The summed E-state index contributed by atoms with van der Waals surface area (Å²) < 4.78 is 5.76. The van der Waals surface area contributed by atoms with Gasteiger partial charge in [-0.05, 0) is 38.4 Å². The molecule has 4 heteroatoms. The van der Waals surface area contributed by atoms with E-state index in [9.17, 15) is 0 Å². The van der Waals surface area contributed by atoms with Gasteiger partial charge in [-0.15, -0.1) is 0 Å². The molecule has 1 aliphatic heterocycles. The second-order valence-corrected chi connectivity index (χ2v) is 5.83. The molecule has 0 bridgehead atoms. The first-order valence-electron chi connectivity index (χ1n) is 7.70. The molecule has 0 atom stereocenters. The van der Waals surface area contributed by atoms with Gasteiger partial charge in [0.2, 0.25) is 5.88 Å². The topological polar surface area (TPSA) is 37.4 Å². The Morgan fingerprint density at radius 2 is 2.05 bits per heavy atom. The largest absolute Gasteiger partial charge is 0.476 e. The number of likely N-dealkylation sites (tertiary alicyclic amines) is 1. The van der Waals surface area contributed by atoms with Crippen LogP contribution in [0.1, 0.15) is 37.9 Å². The van der Waals surface area contributed by atoms with Crippen molar-refractivity contribution in [3.63, 3.8) is 0 Å². The van der Waals surface area contributed by atoms with Crippen LogP contribution in [0.3, 0.4) is 0 Å². The molecule has 0 aliphatic carbocycles. The van der Waals surface area contributed by atoms with Crippen LogP contribution < -0.4 is 10.1 Å². The van der Waals surface area contributed by atoms with E-state index in [4.69, 9.17) is 4.74 Å². The highest BCUT2D eigenvalue weighted by Gasteiger charge is 2.11. The summed E-state index contributed by atoms with van der Waals surface area (Å²) in [5.41, 5.74) is 2.29. The standard InChI is InChI=1S/C16H27N3O/c1-13(2)17-12-15-6-7-16(18-14(15)3)20-11-10-19-8-4-5-9-19/h6-7,13,17H,4-5,8-12H2,1-3H3. The second kappa shape index (κ2) is 7.60. The number of aryl methyl sites for hydroxylation is 1. The maximum Gasteiger partial charge on any atom is 0.213 e. The molecule has 0 saturated carbocycles. The molecule has 0 radical (unpaired) electrons. The van der Waals surface area contributed by atoms with Crippen molar-refractivity contribution >= 4 is 0 Å². The van der Waals surface area contributed by atoms with Gasteiger partial charge in [0, 0.05) is 30.9 Å². The predicted octanol–water partition coefficient (Wildman–Crippen LogP) is 2.36. The zero-order valence-electron chi connectivity index (χ0n) is 13.0. The number of pyridine rings is 1. The molecule has 4 nitrogen and oxygen atoms in total. The van der Waals surface area contributed by atoms with E-state index in [0.717, 1.165) is 31.3 Å². The fourth-order valence-electron chi connectivity index (χ4n) is 2.43. The third-order valence-corrected chi connectivity index (χ3v) is 3.73. The monoisotopic (exact) mass is 277 g/mol. The summed E-state index contributed by atoms with van der Waals surface area (Å²) in [5, 5.41) is 3.41. The van der Waals surface area contributed by atoms with E-state index in [1.165, 1.54) is 31.5 Å². The summed E-state index contributed by atoms with van der Waals surface area (Å²) in [5.74, 6) is 0.745. The lowest BCUT2D eigenvalue weighted by Crippen LogP contribution is -2.25. The number of aromatic nitrogens is 1. The van der Waals surface area contributed by atoms with Gasteiger partial charge in [0.1, 0.15) is 6.61 Å². The van der Waals surface area contributed by atoms with Gasteiger partial charge < -0.3 is 10.1 Å². The lowest BCUT2D eigenvalue weighted by atomic mass is 10.2. The summed E-state index contributed by atoms with van der Waals surface area (Å²) >= 11 is 0. The van der Waals surface area contributed by atoms with Crippen molar-refractivity contribution in [2.75, 3.05) is 26.2 Å². The Bertz CT molecular complexity index is 414. The molecule has 2 rings (SSSR count). The van der Waals surface area contributed by atoms with Crippen LogP contribution in [0.2, 0.25) is 0 Å². The quantitative estimate of drug-likeness (QED) is 0.830. The molecule has 112 valence electrons. The lowest BCUT2D eigenvalue weighted by molar-refractivity contribution is 0.231. The molecular formula is C16H27N3O. The van der Waals surface area contributed by atoms with Crippen molar-refractivity contribution in [3.8, 4) is 5.88 Å². The summed E-state index contributed by atoms with van der Waals surface area (Å²) in [6.45, 7) is 11.4. The molecule has 1 fully saturated rings. The molecule has 1 aromatic rings. The van der Waals surface area contributed by atoms with E-state index >= 15 is 0 Å². The molecule has 1 saturated heterocycles. The van der Waals surface area contributed by atoms with E-state index in [1.807, 2.05) is 13.0 Å². The molecule has 20 heavy (non-hydrogen) atoms. The molecule has 0 aromatic carbocycles. The van der Waals surface area contributed by atoms with Crippen LogP contribution in [0.4, 0.5) is 0 Å². The van der Waals surface area contributed by atoms with Gasteiger partial charge in [0.25, 0.3) is 0 Å². The maximum atomic E-state index is 5.76. The van der Waals surface area contributed by atoms with Crippen LogP contribution >= 0.6 is 0 Å². The van der Waals surface area contributed by atoms with Crippen LogP contribution in [0, 0.1) is 6.92 Å². The minimum Gasteiger partial charge on any atom is -0.476 e. The Kier molecular flexibility index (Phi) is 5.80. The summed E-state index contributed by atoms with van der Waals surface area (Å²) in [7, 11) is 0. The second-order valence-electron chi connectivity index (χ2n) is 5.83. The smallest absolute Gasteiger partial charge is 0.213 e. The molecule has 1 aliphatic rings. The first kappa shape index (κ1) is 15.3. The zero-order chi connectivity index (χ0) is 14.4. The van der Waals surface area contributed by atoms with E-state index in [2.05, 4.69) is 35.1 Å². The third kappa shape index (κ3) is 4.76. The molecule has 0 amide bonds. The first-order valence-corrected chi connectivity index (χ1v) is 7.70. The van der Waals surface area contributed by atoms with E-state index < -0.39 is 0 Å². The van der Waals surface area contributed by atoms with Crippen LogP contribution in [-0.2, 0) is 6.54 Å². The molecule has 0 unspecified atom stereocenters. The fourth-order valence-corrected chi connectivity index (χ4v) is 2.43. The third-order valence-electron chi connectivity index (χ3n) is 3.73. The van der Waals surface area contributed by atoms with Crippen molar-refractivity contribution in [2.45, 2.75) is 46.2 Å². The highest BCUT2D eigenvalue weighted by molar-refractivity contribution is 5.24. The van der Waals surface area contributed by atoms with Crippen molar-refractivity contribution in [2.24, 2.45) is 0 Å². The van der Waals surface area contributed by atoms with Crippen molar-refractivity contribution in [1.82, 2.24) is 15.2 Å². The number of rotatable bonds is 7. The average molecular weight is 277 g/mol. The molecular weight excluding hydrogens is 250 g/mol. The van der Waals surface area contributed by atoms with Gasteiger partial charge in [0.15, 0.2) is 0 Å². The van der Waals surface area contributed by atoms with Crippen LogP contribution in [0.5, 0.6) is 5.88 Å². The summed E-state index contributed by atoms with van der Waals surface area (Å²) in [6, 6.07) is 4.59. The van der Waals surface area contributed by atoms with Gasteiger partial charge in [-0.25, -0.2) is 4.98 Å². The molecule has 1 aromatic heterocycles. The Morgan fingerprint density at radius 1 is 1.30 bits per heavy atom. The van der Waals surface area contributed by atoms with Gasteiger partial charge in [0.05, 0.1) is 0 Å². The average Bonchev–Trinajstić information content (AvgIpc) is 2.91. The Hall–Kier alpha value is -1.13. The van der Waals surface area contributed by atoms with E-state index in [0.29, 0.717) is 6.04 Å². The Balaban J connectivity index is 1.78. The number of hydrogen-bond acceptors (Lipinski definition) is 4. The Morgan fingerprint density at radius 3 is 2.70 bits per heavy atom. The van der Waals surface area contributed by atoms with Gasteiger partial charge in [-0.3, -0.25) is 4.90 Å². The number of ether oxygens (including phenoxy) is 1. The van der Waals surface area contributed by atoms with Crippen LogP contribution in [0.15, 0.2) is 12.1 Å². The lowest BCUT2D eigenvalue weighted by Gasteiger charge is -2.15. The van der Waals surface area contributed by atoms with Crippen molar-refractivity contribution in [3.05, 3.63) is 23.4 Å². The summed E-state index contributed by atoms with van der Waals surface area (Å²) in [6.07, 6.45) is 2.66. The molecule has 2 heterocycles.